The molecule has 3 heteroatoms. The van der Waals surface area contributed by atoms with Gasteiger partial charge >= 0.3 is 346 Å². The summed E-state index contributed by atoms with van der Waals surface area (Å²) in [5.41, 5.74) is 19.7. The van der Waals surface area contributed by atoms with Crippen LogP contribution in [-0.2, 0) is 44.9 Å². The van der Waals surface area contributed by atoms with Crippen molar-refractivity contribution < 1.29 is 21.3 Å². The van der Waals surface area contributed by atoms with Crippen molar-refractivity contribution >= 4 is 28.0 Å². The molecule has 0 radical (unpaired) electrons. The smallest absolute Gasteiger partial charge is 0.147 e. The van der Waals surface area contributed by atoms with E-state index in [2.05, 4.69) is 207 Å². The summed E-state index contributed by atoms with van der Waals surface area (Å²) in [6, 6.07) is 51.7. The molecule has 6 aromatic carbocycles. The first-order valence-electron chi connectivity index (χ1n) is 20.5. The fourth-order valence-electron chi connectivity index (χ4n) is 9.04. The average molecular weight is 881 g/mol. The molecule has 6 aromatic rings. The van der Waals surface area contributed by atoms with E-state index in [1.54, 1.807) is 17.6 Å². The number of allylic oxidation sites excluding steroid dienone is 4. The number of hydrogen-bond acceptors (Lipinski definition) is 0. The normalized spacial score (nSPS) is 13.3. The molecule has 0 aromatic heterocycles. The molecule has 0 spiro atoms. The van der Waals surface area contributed by atoms with Crippen LogP contribution in [0.25, 0.3) is 33.4 Å². The number of fused-ring (bicyclic) bond motifs is 3. The molecule has 0 nitrogen and oxygen atoms in total. The maximum Gasteiger partial charge on any atom is -0.147 e. The summed E-state index contributed by atoms with van der Waals surface area (Å²) in [6.45, 7) is 18.7. The van der Waals surface area contributed by atoms with Gasteiger partial charge in [0.1, 0.15) is 0 Å². The second kappa shape index (κ2) is 17.8. The van der Waals surface area contributed by atoms with Crippen molar-refractivity contribution in [3.05, 3.63) is 199 Å². The van der Waals surface area contributed by atoms with Crippen LogP contribution in [-0.4, -0.2) is 3.21 Å². The van der Waals surface area contributed by atoms with E-state index in [1.165, 1.54) is 66.8 Å². The van der Waals surface area contributed by atoms with E-state index in [1.807, 2.05) is 0 Å². The molecule has 0 saturated heterocycles. The van der Waals surface area contributed by atoms with Gasteiger partial charge in [0.05, 0.1) is 0 Å². The zero-order valence-electron chi connectivity index (χ0n) is 35.4. The average Bonchev–Trinajstić information content (AvgIpc) is 3.81. The molecule has 0 heterocycles. The van der Waals surface area contributed by atoms with Crippen molar-refractivity contribution in [3.63, 3.8) is 0 Å². The molecular formula is C55H58Cl2Zr. The molecule has 8 rings (SSSR count). The van der Waals surface area contributed by atoms with E-state index < -0.39 is 21.3 Å². The Morgan fingerprint density at radius 2 is 0.948 bits per heavy atom. The summed E-state index contributed by atoms with van der Waals surface area (Å²) < 4.78 is 3.84. The van der Waals surface area contributed by atoms with Crippen molar-refractivity contribution in [2.24, 2.45) is 0 Å². The largest absolute Gasteiger partial charge is 0.147 e. The molecule has 0 saturated carbocycles. The molecule has 0 aliphatic heterocycles. The molecule has 0 amide bonds. The van der Waals surface area contributed by atoms with Crippen LogP contribution in [0.4, 0.5) is 0 Å². The van der Waals surface area contributed by atoms with E-state index >= 15 is 0 Å². The van der Waals surface area contributed by atoms with Crippen LogP contribution in [0, 0.1) is 13.8 Å². The summed E-state index contributed by atoms with van der Waals surface area (Å²) >= 11 is -2.80. The Kier molecular flexibility index (Phi) is 13.4. The van der Waals surface area contributed by atoms with Crippen molar-refractivity contribution in [1.29, 1.82) is 0 Å². The quantitative estimate of drug-likeness (QED) is 0.143. The number of halogens is 2. The Labute approximate surface area is 368 Å². The van der Waals surface area contributed by atoms with Gasteiger partial charge in [-0.05, 0) is 0 Å². The van der Waals surface area contributed by atoms with Gasteiger partial charge in [0.15, 0.2) is 0 Å². The molecule has 0 unspecified atom stereocenters. The summed E-state index contributed by atoms with van der Waals surface area (Å²) in [4.78, 5) is 0. The Morgan fingerprint density at radius 3 is 1.31 bits per heavy atom. The molecule has 2 aliphatic carbocycles. The van der Waals surface area contributed by atoms with Gasteiger partial charge in [-0.25, -0.2) is 0 Å². The van der Waals surface area contributed by atoms with E-state index in [4.69, 9.17) is 0 Å². The first kappa shape index (κ1) is 43.7. The van der Waals surface area contributed by atoms with Crippen LogP contribution < -0.4 is 0 Å². The predicted molar refractivity (Wildman–Crippen MR) is 253 cm³/mol. The first-order chi connectivity index (χ1) is 26.8. The van der Waals surface area contributed by atoms with Crippen molar-refractivity contribution in [3.8, 4) is 33.4 Å². The SMILES string of the molecule is Cc1ccc(-c2cc3c(cc2C(C)(C)C)-c2cc(C(C)(C)C)c(-c4ccc(C)cc4)cc2[CH]3[Zr]([C]2=CC=CC2)=[C](Cc2ccccc2)Cc2ccccc2)cc1.Cl.Cl. The maximum absolute atomic E-state index is 2.80. The Morgan fingerprint density at radius 1 is 0.534 bits per heavy atom. The molecule has 2 aliphatic rings. The molecule has 58 heavy (non-hydrogen) atoms. The van der Waals surface area contributed by atoms with Gasteiger partial charge in [-0.1, -0.05) is 0 Å². The van der Waals surface area contributed by atoms with Crippen LogP contribution in [0.3, 0.4) is 0 Å². The summed E-state index contributed by atoms with van der Waals surface area (Å²) in [6.07, 6.45) is 10.4. The third-order valence-corrected chi connectivity index (χ3v) is 20.2. The number of benzene rings is 6. The van der Waals surface area contributed by atoms with Gasteiger partial charge in [-0.2, -0.15) is 0 Å². The second-order valence-electron chi connectivity index (χ2n) is 18.3. The zero-order valence-corrected chi connectivity index (χ0v) is 39.5. The number of aryl methyl sites for hydroxylation is 2. The van der Waals surface area contributed by atoms with Gasteiger partial charge in [0, 0.05) is 0 Å². The molecule has 0 bridgehead atoms. The van der Waals surface area contributed by atoms with Crippen molar-refractivity contribution in [2.45, 2.75) is 89.1 Å². The van der Waals surface area contributed by atoms with Crippen LogP contribution >= 0.6 is 24.8 Å². The van der Waals surface area contributed by atoms with E-state index in [9.17, 15) is 0 Å². The topological polar surface area (TPSA) is 0 Å². The van der Waals surface area contributed by atoms with Gasteiger partial charge < -0.3 is 0 Å². The fourth-order valence-corrected chi connectivity index (χ4v) is 18.2. The van der Waals surface area contributed by atoms with Gasteiger partial charge in [-0.15, -0.1) is 24.8 Å². The maximum atomic E-state index is 2.67. The molecule has 0 fully saturated rings. The molecule has 296 valence electrons. The van der Waals surface area contributed by atoms with E-state index in [0.717, 1.165) is 19.3 Å². The molecule has 0 atom stereocenters. The predicted octanol–water partition coefficient (Wildman–Crippen LogP) is 15.3. The zero-order chi connectivity index (χ0) is 39.2. The Hall–Kier alpha value is -3.87. The standard InChI is InChI=1S/C35H37.C15H14.C5H5.2ClH.Zr/c1-22-9-13-24(14-10-22)30-18-26-17-27-19-31(25-15-11-23(2)12-16-25)33(35(6,7)8)21-29(27)28(26)20-32(30)34(3,4)5;1-3-8-14(9-4-1)12-7-13-15-10-5-2-6-11-15;1-2-4-5-3-1;;;/h9-21H,1-8H3;1-6,8-11H,12-13H2;1-3H,4H2;2*1H;. The summed E-state index contributed by atoms with van der Waals surface area (Å²) in [5, 5.41) is 0. The van der Waals surface area contributed by atoms with Crippen LogP contribution in [0.2, 0.25) is 0 Å². The Balaban J connectivity index is 0.00000283. The third-order valence-electron chi connectivity index (χ3n) is 11.9. The van der Waals surface area contributed by atoms with Gasteiger partial charge in [-0.3, -0.25) is 0 Å². The number of rotatable bonds is 8. The minimum atomic E-state index is -2.80. The summed E-state index contributed by atoms with van der Waals surface area (Å²) in [7, 11) is 0. The fraction of sp³-hybridized carbons (Fsp3) is 0.255. The van der Waals surface area contributed by atoms with E-state index in [-0.39, 0.29) is 35.6 Å². The molecular weight excluding hydrogens is 823 g/mol. The number of hydrogen-bond donors (Lipinski definition) is 0. The van der Waals surface area contributed by atoms with Gasteiger partial charge in [0.25, 0.3) is 0 Å². The summed E-state index contributed by atoms with van der Waals surface area (Å²) in [5.74, 6) is 0. The second-order valence-corrected chi connectivity index (χ2v) is 25.1. The minimum absolute atomic E-state index is 0. The van der Waals surface area contributed by atoms with Crippen molar-refractivity contribution in [1.82, 2.24) is 0 Å². The third kappa shape index (κ3) is 8.99. The van der Waals surface area contributed by atoms with Crippen LogP contribution in [0.5, 0.6) is 0 Å². The van der Waals surface area contributed by atoms with E-state index in [0.29, 0.717) is 3.63 Å². The van der Waals surface area contributed by atoms with Crippen LogP contribution in [0.1, 0.15) is 96.1 Å². The molecule has 0 N–H and O–H groups in total. The van der Waals surface area contributed by atoms with Crippen LogP contribution in [0.15, 0.2) is 155 Å². The van der Waals surface area contributed by atoms with Crippen molar-refractivity contribution in [2.75, 3.05) is 0 Å². The monoisotopic (exact) mass is 878 g/mol. The minimum Gasteiger partial charge on any atom is -0.147 e. The first-order valence-corrected chi connectivity index (χ1v) is 24.4. The Bertz CT molecular complexity index is 2330. The van der Waals surface area contributed by atoms with Gasteiger partial charge in [0.2, 0.25) is 0 Å².